The summed E-state index contributed by atoms with van der Waals surface area (Å²) < 4.78 is 5.15. The van der Waals surface area contributed by atoms with Gasteiger partial charge in [-0.1, -0.05) is 18.2 Å². The van der Waals surface area contributed by atoms with Gasteiger partial charge >= 0.3 is 11.9 Å². The number of ether oxygens (including phenoxy) is 1. The highest BCUT2D eigenvalue weighted by Gasteiger charge is 2.09. The minimum Gasteiger partial charge on any atom is -0.478 e. The van der Waals surface area contributed by atoms with Gasteiger partial charge in [0.05, 0.1) is 12.0 Å². The molecule has 0 radical (unpaired) electrons. The zero-order valence-corrected chi connectivity index (χ0v) is 10.3. The summed E-state index contributed by atoms with van der Waals surface area (Å²) in [6, 6.07) is 6.52. The van der Waals surface area contributed by atoms with Gasteiger partial charge in [0.1, 0.15) is 6.10 Å². The van der Waals surface area contributed by atoms with Gasteiger partial charge < -0.3 is 9.84 Å². The fourth-order valence-electron chi connectivity index (χ4n) is 1.55. The summed E-state index contributed by atoms with van der Waals surface area (Å²) in [7, 11) is 0. The lowest BCUT2D eigenvalue weighted by Gasteiger charge is -2.12. The van der Waals surface area contributed by atoms with Gasteiger partial charge in [-0.05, 0) is 24.6 Å². The van der Waals surface area contributed by atoms with E-state index in [4.69, 9.17) is 9.84 Å². The molecule has 0 amide bonds. The van der Waals surface area contributed by atoms with Crippen LogP contribution in [0.1, 0.15) is 29.3 Å². The standard InChI is InChI=1S/C14H16O4/c1-3-4-13(15)18-10(2)9-11-5-7-12(8-6-11)14(16)17/h3,5-8,10H,1,4,9H2,2H3,(H,16,17). The average Bonchev–Trinajstić information content (AvgIpc) is 2.29. The van der Waals surface area contributed by atoms with E-state index in [1.807, 2.05) is 0 Å². The van der Waals surface area contributed by atoms with E-state index in [9.17, 15) is 9.59 Å². The number of hydrogen-bond donors (Lipinski definition) is 1. The van der Waals surface area contributed by atoms with Gasteiger partial charge in [-0.3, -0.25) is 4.79 Å². The van der Waals surface area contributed by atoms with E-state index in [-0.39, 0.29) is 24.1 Å². The van der Waals surface area contributed by atoms with Gasteiger partial charge in [-0.15, -0.1) is 6.58 Å². The molecule has 0 saturated carbocycles. The Morgan fingerprint density at radius 1 is 1.39 bits per heavy atom. The molecular weight excluding hydrogens is 232 g/mol. The van der Waals surface area contributed by atoms with Crippen LogP contribution in [-0.2, 0) is 16.0 Å². The minimum atomic E-state index is -0.952. The van der Waals surface area contributed by atoms with Crippen LogP contribution in [0.3, 0.4) is 0 Å². The third kappa shape index (κ3) is 4.41. The van der Waals surface area contributed by atoms with Gasteiger partial charge in [0.2, 0.25) is 0 Å². The third-order valence-corrected chi connectivity index (χ3v) is 2.37. The summed E-state index contributed by atoms with van der Waals surface area (Å²) >= 11 is 0. The monoisotopic (exact) mass is 248 g/mol. The first-order valence-corrected chi connectivity index (χ1v) is 5.65. The Morgan fingerprint density at radius 3 is 2.50 bits per heavy atom. The van der Waals surface area contributed by atoms with Crippen LogP contribution in [0.25, 0.3) is 0 Å². The number of esters is 1. The molecule has 0 bridgehead atoms. The molecule has 96 valence electrons. The van der Waals surface area contributed by atoms with Crippen molar-refractivity contribution in [1.82, 2.24) is 0 Å². The van der Waals surface area contributed by atoms with Crippen molar-refractivity contribution in [1.29, 1.82) is 0 Å². The van der Waals surface area contributed by atoms with Gasteiger partial charge in [-0.2, -0.15) is 0 Å². The summed E-state index contributed by atoms with van der Waals surface area (Å²) in [6.45, 7) is 5.26. The van der Waals surface area contributed by atoms with E-state index >= 15 is 0 Å². The van der Waals surface area contributed by atoms with Gasteiger partial charge in [0.25, 0.3) is 0 Å². The number of carboxylic acid groups (broad SMARTS) is 1. The molecule has 1 aromatic carbocycles. The molecule has 18 heavy (non-hydrogen) atoms. The summed E-state index contributed by atoms with van der Waals surface area (Å²) in [5.41, 5.74) is 1.17. The largest absolute Gasteiger partial charge is 0.478 e. The lowest BCUT2D eigenvalue weighted by Crippen LogP contribution is -2.16. The predicted octanol–water partition coefficient (Wildman–Crippen LogP) is 2.44. The maximum atomic E-state index is 11.2. The predicted molar refractivity (Wildman–Crippen MR) is 67.5 cm³/mol. The summed E-state index contributed by atoms with van der Waals surface area (Å²) in [5, 5.41) is 8.76. The molecule has 0 heterocycles. The zero-order chi connectivity index (χ0) is 13.5. The number of carbonyl (C=O) groups is 2. The molecule has 0 fully saturated rings. The molecule has 0 saturated heterocycles. The Morgan fingerprint density at radius 2 is 2.00 bits per heavy atom. The van der Waals surface area contributed by atoms with E-state index in [1.165, 1.54) is 18.2 Å². The van der Waals surface area contributed by atoms with Gasteiger partial charge in [0.15, 0.2) is 0 Å². The number of hydrogen-bond acceptors (Lipinski definition) is 3. The Hall–Kier alpha value is -2.10. The second-order valence-corrected chi connectivity index (χ2v) is 4.00. The molecule has 0 aliphatic rings. The van der Waals surface area contributed by atoms with Gasteiger partial charge in [0, 0.05) is 6.42 Å². The number of rotatable bonds is 6. The quantitative estimate of drug-likeness (QED) is 0.620. The SMILES string of the molecule is C=CCC(=O)OC(C)Cc1ccc(C(=O)O)cc1. The average molecular weight is 248 g/mol. The summed E-state index contributed by atoms with van der Waals surface area (Å²) in [5.74, 6) is -1.26. The van der Waals surface area contributed by atoms with Crippen molar-refractivity contribution in [3.63, 3.8) is 0 Å². The second kappa shape index (κ2) is 6.59. The molecule has 4 nitrogen and oxygen atoms in total. The Balaban J connectivity index is 2.54. The van der Waals surface area contributed by atoms with E-state index in [0.29, 0.717) is 6.42 Å². The van der Waals surface area contributed by atoms with E-state index < -0.39 is 5.97 Å². The van der Waals surface area contributed by atoms with Crippen molar-refractivity contribution in [2.45, 2.75) is 25.9 Å². The highest BCUT2D eigenvalue weighted by atomic mass is 16.5. The van der Waals surface area contributed by atoms with Crippen molar-refractivity contribution < 1.29 is 19.4 Å². The molecule has 0 aliphatic heterocycles. The van der Waals surface area contributed by atoms with E-state index in [0.717, 1.165) is 5.56 Å². The van der Waals surface area contributed by atoms with Crippen LogP contribution in [-0.4, -0.2) is 23.1 Å². The first kappa shape index (κ1) is 14.0. The maximum Gasteiger partial charge on any atom is 0.335 e. The molecular formula is C14H16O4. The van der Waals surface area contributed by atoms with Crippen LogP contribution < -0.4 is 0 Å². The van der Waals surface area contributed by atoms with Crippen LogP contribution >= 0.6 is 0 Å². The minimum absolute atomic E-state index is 0.197. The molecule has 1 aromatic rings. The van der Waals surface area contributed by atoms with Crippen molar-refractivity contribution in [3.8, 4) is 0 Å². The lowest BCUT2D eigenvalue weighted by molar-refractivity contribution is -0.147. The highest BCUT2D eigenvalue weighted by molar-refractivity contribution is 5.87. The molecule has 1 N–H and O–H groups in total. The fourth-order valence-corrected chi connectivity index (χ4v) is 1.55. The second-order valence-electron chi connectivity index (χ2n) is 4.00. The maximum absolute atomic E-state index is 11.2. The van der Waals surface area contributed by atoms with Gasteiger partial charge in [-0.25, -0.2) is 4.79 Å². The van der Waals surface area contributed by atoms with Crippen LogP contribution in [0.15, 0.2) is 36.9 Å². The Kier molecular flexibility index (Phi) is 5.11. The molecule has 1 unspecified atom stereocenters. The third-order valence-electron chi connectivity index (χ3n) is 2.37. The van der Waals surface area contributed by atoms with Crippen LogP contribution in [0.2, 0.25) is 0 Å². The molecule has 0 spiro atoms. The zero-order valence-electron chi connectivity index (χ0n) is 10.3. The van der Waals surface area contributed by atoms with Crippen LogP contribution in [0.4, 0.5) is 0 Å². The topological polar surface area (TPSA) is 63.6 Å². The normalized spacial score (nSPS) is 11.6. The van der Waals surface area contributed by atoms with Crippen molar-refractivity contribution >= 4 is 11.9 Å². The van der Waals surface area contributed by atoms with Crippen molar-refractivity contribution in [3.05, 3.63) is 48.0 Å². The first-order chi connectivity index (χ1) is 8.52. The number of aromatic carboxylic acids is 1. The highest BCUT2D eigenvalue weighted by Crippen LogP contribution is 2.09. The molecule has 1 rings (SSSR count). The number of benzene rings is 1. The smallest absolute Gasteiger partial charge is 0.335 e. The molecule has 0 aliphatic carbocycles. The fraction of sp³-hybridized carbons (Fsp3) is 0.286. The summed E-state index contributed by atoms with van der Waals surface area (Å²) in [4.78, 5) is 21.9. The Labute approximate surface area is 106 Å². The van der Waals surface area contributed by atoms with Crippen molar-refractivity contribution in [2.75, 3.05) is 0 Å². The number of carbonyl (C=O) groups excluding carboxylic acids is 1. The van der Waals surface area contributed by atoms with Crippen molar-refractivity contribution in [2.24, 2.45) is 0 Å². The summed E-state index contributed by atoms with van der Waals surface area (Å²) in [6.07, 6.45) is 2.01. The molecule has 4 heteroatoms. The van der Waals surface area contributed by atoms with E-state index in [2.05, 4.69) is 6.58 Å². The van der Waals surface area contributed by atoms with E-state index in [1.54, 1.807) is 19.1 Å². The lowest BCUT2D eigenvalue weighted by atomic mass is 10.1. The van der Waals surface area contributed by atoms with Crippen LogP contribution in [0, 0.1) is 0 Å². The van der Waals surface area contributed by atoms with Crippen LogP contribution in [0.5, 0.6) is 0 Å². The molecule has 0 aromatic heterocycles. The number of carboxylic acids is 1. The molecule has 1 atom stereocenters. The Bertz CT molecular complexity index is 434. The first-order valence-electron chi connectivity index (χ1n) is 5.65.